The minimum atomic E-state index is -3.60. The first-order valence-corrected chi connectivity index (χ1v) is 7.66. The second-order valence-electron chi connectivity index (χ2n) is 4.70. The molecular weight excluding hydrogens is 268 g/mol. The molecule has 2 rings (SSSR count). The average Bonchev–Trinajstić information content (AvgIpc) is 3.12. The first-order chi connectivity index (χ1) is 8.90. The summed E-state index contributed by atoms with van der Waals surface area (Å²) in [6.45, 7) is 2.19. The molecule has 0 radical (unpaired) electrons. The second-order valence-corrected chi connectivity index (χ2v) is 6.41. The van der Waals surface area contributed by atoms with Crippen LogP contribution in [-0.4, -0.2) is 37.0 Å². The van der Waals surface area contributed by atoms with Crippen molar-refractivity contribution in [1.82, 2.24) is 19.6 Å². The topological polar surface area (TPSA) is 93.1 Å². The zero-order valence-electron chi connectivity index (χ0n) is 11.0. The normalized spacial score (nSPS) is 15.5. The number of aryl methyl sites for hydroxylation is 2. The van der Waals surface area contributed by atoms with E-state index in [1.54, 1.807) is 18.5 Å². The zero-order valence-corrected chi connectivity index (χ0v) is 11.8. The fraction of sp³-hybridized carbons (Fsp3) is 0.636. The first kappa shape index (κ1) is 14.0. The number of carbonyl (C=O) groups excluding carboxylic acids is 1. The smallest absolute Gasteiger partial charge is 0.259 e. The van der Waals surface area contributed by atoms with Gasteiger partial charge >= 0.3 is 0 Å². The molecular formula is C11H18N4O3S. The molecule has 1 heterocycles. The fourth-order valence-corrected chi connectivity index (χ4v) is 2.66. The molecule has 0 saturated heterocycles. The number of rotatable bonds is 6. The number of imidazole rings is 1. The Hall–Kier alpha value is -1.41. The third-order valence-electron chi connectivity index (χ3n) is 3.03. The summed E-state index contributed by atoms with van der Waals surface area (Å²) >= 11 is 0. The number of nitrogens with zero attached hydrogens (tertiary/aromatic N) is 2. The quantitative estimate of drug-likeness (QED) is 0.692. The molecule has 1 aromatic rings. The molecule has 1 aromatic heterocycles. The van der Waals surface area contributed by atoms with Crippen molar-refractivity contribution < 1.29 is 13.2 Å². The molecule has 0 bridgehead atoms. The molecule has 7 nitrogen and oxygen atoms in total. The van der Waals surface area contributed by atoms with Gasteiger partial charge in [-0.25, -0.2) is 18.1 Å². The Balaban J connectivity index is 1.82. The van der Waals surface area contributed by atoms with Crippen molar-refractivity contribution in [2.24, 2.45) is 13.0 Å². The summed E-state index contributed by atoms with van der Waals surface area (Å²) in [6, 6.07) is 0. The molecule has 0 spiro atoms. The van der Waals surface area contributed by atoms with E-state index in [2.05, 4.69) is 15.0 Å². The van der Waals surface area contributed by atoms with Gasteiger partial charge < -0.3 is 9.88 Å². The van der Waals surface area contributed by atoms with Crippen LogP contribution in [0.1, 0.15) is 18.7 Å². The van der Waals surface area contributed by atoms with Crippen molar-refractivity contribution in [3.8, 4) is 0 Å². The lowest BCUT2D eigenvalue weighted by molar-refractivity contribution is -0.122. The predicted octanol–water partition coefficient (Wildman–Crippen LogP) is -0.467. The lowest BCUT2D eigenvalue weighted by Gasteiger charge is -2.05. The fourth-order valence-electron chi connectivity index (χ4n) is 1.59. The van der Waals surface area contributed by atoms with Gasteiger partial charge in [-0.1, -0.05) is 0 Å². The van der Waals surface area contributed by atoms with E-state index in [0.717, 1.165) is 12.8 Å². The summed E-state index contributed by atoms with van der Waals surface area (Å²) in [5.41, 5.74) is 0. The van der Waals surface area contributed by atoms with Gasteiger partial charge in [0, 0.05) is 32.3 Å². The summed E-state index contributed by atoms with van der Waals surface area (Å²) < 4.78 is 27.8. The van der Waals surface area contributed by atoms with Crippen molar-refractivity contribution in [3.05, 3.63) is 12.0 Å². The van der Waals surface area contributed by atoms with Crippen LogP contribution in [0.5, 0.6) is 0 Å². The van der Waals surface area contributed by atoms with Gasteiger partial charge in [0.1, 0.15) is 5.82 Å². The highest BCUT2D eigenvalue weighted by atomic mass is 32.2. The molecule has 1 amide bonds. The molecule has 0 unspecified atom stereocenters. The van der Waals surface area contributed by atoms with E-state index in [0.29, 0.717) is 12.4 Å². The van der Waals surface area contributed by atoms with Crippen LogP contribution in [0, 0.1) is 12.8 Å². The van der Waals surface area contributed by atoms with Crippen molar-refractivity contribution in [2.45, 2.75) is 24.8 Å². The number of sulfonamides is 1. The van der Waals surface area contributed by atoms with Crippen molar-refractivity contribution >= 4 is 15.9 Å². The zero-order chi connectivity index (χ0) is 14.0. The molecule has 1 saturated carbocycles. The Labute approximate surface area is 112 Å². The van der Waals surface area contributed by atoms with Gasteiger partial charge in [0.05, 0.1) is 0 Å². The van der Waals surface area contributed by atoms with Gasteiger partial charge in [-0.05, 0) is 19.8 Å². The first-order valence-electron chi connectivity index (χ1n) is 6.17. The van der Waals surface area contributed by atoms with Gasteiger partial charge in [0.2, 0.25) is 5.91 Å². The molecule has 1 aliphatic rings. The minimum Gasteiger partial charge on any atom is -0.355 e. The van der Waals surface area contributed by atoms with Crippen molar-refractivity contribution in [1.29, 1.82) is 0 Å². The number of hydrogen-bond donors (Lipinski definition) is 2. The van der Waals surface area contributed by atoms with E-state index >= 15 is 0 Å². The number of amides is 1. The third-order valence-corrected chi connectivity index (χ3v) is 4.36. The summed E-state index contributed by atoms with van der Waals surface area (Å²) in [5.74, 6) is 0.769. The SMILES string of the molecule is Cc1nc(S(=O)(=O)NCCNC(=O)C2CC2)cn1C. The van der Waals surface area contributed by atoms with Gasteiger partial charge in [-0.2, -0.15) is 0 Å². The van der Waals surface area contributed by atoms with Crippen LogP contribution in [0.2, 0.25) is 0 Å². The summed E-state index contributed by atoms with van der Waals surface area (Å²) in [5, 5.41) is 2.69. The highest BCUT2D eigenvalue weighted by Gasteiger charge is 2.29. The number of aromatic nitrogens is 2. The van der Waals surface area contributed by atoms with Crippen LogP contribution in [0.15, 0.2) is 11.2 Å². The molecule has 19 heavy (non-hydrogen) atoms. The molecule has 8 heteroatoms. The summed E-state index contributed by atoms with van der Waals surface area (Å²) in [6.07, 6.45) is 3.33. The van der Waals surface area contributed by atoms with Crippen LogP contribution in [0.25, 0.3) is 0 Å². The second kappa shape index (κ2) is 5.30. The maximum atomic E-state index is 11.9. The lowest BCUT2D eigenvalue weighted by Crippen LogP contribution is -2.35. The average molecular weight is 286 g/mol. The largest absolute Gasteiger partial charge is 0.355 e. The van der Waals surface area contributed by atoms with Crippen LogP contribution < -0.4 is 10.0 Å². The van der Waals surface area contributed by atoms with E-state index in [9.17, 15) is 13.2 Å². The molecule has 0 aliphatic heterocycles. The van der Waals surface area contributed by atoms with Gasteiger partial charge in [0.25, 0.3) is 10.0 Å². The lowest BCUT2D eigenvalue weighted by atomic mass is 10.4. The van der Waals surface area contributed by atoms with Gasteiger partial charge in [0.15, 0.2) is 5.03 Å². The molecule has 1 fully saturated rings. The maximum Gasteiger partial charge on any atom is 0.259 e. The standard InChI is InChI=1S/C11H18N4O3S/c1-8-14-10(7-15(8)2)19(17,18)13-6-5-12-11(16)9-3-4-9/h7,9,13H,3-6H2,1-2H3,(H,12,16). The minimum absolute atomic E-state index is 0.000944. The number of carbonyl (C=O) groups is 1. The van der Waals surface area contributed by atoms with Crippen LogP contribution in [0.4, 0.5) is 0 Å². The van der Waals surface area contributed by atoms with E-state index in [1.807, 2.05) is 0 Å². The number of nitrogens with one attached hydrogen (secondary N) is 2. The highest BCUT2D eigenvalue weighted by Crippen LogP contribution is 2.28. The summed E-state index contributed by atoms with van der Waals surface area (Å²) in [4.78, 5) is 15.3. The highest BCUT2D eigenvalue weighted by molar-refractivity contribution is 7.89. The Bertz CT molecular complexity index is 555. The number of hydrogen-bond acceptors (Lipinski definition) is 4. The monoisotopic (exact) mass is 286 g/mol. The summed E-state index contributed by atoms with van der Waals surface area (Å²) in [7, 11) is -1.86. The van der Waals surface area contributed by atoms with E-state index in [4.69, 9.17) is 0 Å². The van der Waals surface area contributed by atoms with E-state index < -0.39 is 10.0 Å². The van der Waals surface area contributed by atoms with Gasteiger partial charge in [-0.3, -0.25) is 4.79 Å². The molecule has 1 aliphatic carbocycles. The van der Waals surface area contributed by atoms with Crippen LogP contribution in [0.3, 0.4) is 0 Å². The van der Waals surface area contributed by atoms with Crippen LogP contribution in [-0.2, 0) is 21.9 Å². The van der Waals surface area contributed by atoms with Gasteiger partial charge in [-0.15, -0.1) is 0 Å². The Morgan fingerprint density at radius 3 is 2.68 bits per heavy atom. The van der Waals surface area contributed by atoms with Crippen LogP contribution >= 0.6 is 0 Å². The van der Waals surface area contributed by atoms with E-state index in [1.165, 1.54) is 6.20 Å². The molecule has 0 atom stereocenters. The maximum absolute atomic E-state index is 11.9. The van der Waals surface area contributed by atoms with Crippen molar-refractivity contribution in [2.75, 3.05) is 13.1 Å². The Morgan fingerprint density at radius 2 is 2.16 bits per heavy atom. The molecule has 2 N–H and O–H groups in total. The molecule has 106 valence electrons. The Kier molecular flexibility index (Phi) is 3.91. The third kappa shape index (κ3) is 3.54. The molecule has 0 aromatic carbocycles. The van der Waals surface area contributed by atoms with E-state index in [-0.39, 0.29) is 23.4 Å². The Morgan fingerprint density at radius 1 is 1.47 bits per heavy atom. The predicted molar refractivity (Wildman–Crippen MR) is 68.9 cm³/mol. The van der Waals surface area contributed by atoms with Crippen molar-refractivity contribution in [3.63, 3.8) is 0 Å².